The molecule has 49 heavy (non-hydrogen) atoms. The second kappa shape index (κ2) is 19.1. The van der Waals surface area contributed by atoms with Crippen molar-refractivity contribution in [1.82, 2.24) is 0 Å². The minimum atomic E-state index is -2.83. The molecule has 0 amide bonds. The second-order valence-corrected chi connectivity index (χ2v) is 19.6. The molecule has 266 valence electrons. The first-order chi connectivity index (χ1) is 21.0. The van der Waals surface area contributed by atoms with E-state index < -0.39 is 8.07 Å². The summed E-state index contributed by atoms with van der Waals surface area (Å²) in [5.74, 6) is 3.00. The number of rotatable bonds is 10. The van der Waals surface area contributed by atoms with Crippen molar-refractivity contribution in [2.45, 2.75) is 139 Å². The molecular formula is C44H61Cl3SiTi. The Balaban J connectivity index is 0.00000576. The molecule has 0 heterocycles. The Morgan fingerprint density at radius 2 is 0.673 bits per heavy atom. The summed E-state index contributed by atoms with van der Waals surface area (Å²) in [6.07, 6.45) is 3.93. The molecule has 0 saturated heterocycles. The Bertz CT molecular complexity index is 1380. The van der Waals surface area contributed by atoms with Crippen LogP contribution in [0.2, 0.25) is 0 Å². The summed E-state index contributed by atoms with van der Waals surface area (Å²) < 4.78 is 0. The molecule has 1 aliphatic rings. The average molecular weight is 772 g/mol. The molecule has 0 N–H and O–H groups in total. The molecule has 0 bridgehead atoms. The van der Waals surface area contributed by atoms with Gasteiger partial charge in [0, 0.05) is 0 Å². The fraction of sp³-hybridized carbons (Fsp3) is 0.500. The van der Waals surface area contributed by atoms with Crippen LogP contribution in [-0.4, -0.2) is 8.07 Å². The Hall–Kier alpha value is -1.06. The van der Waals surface area contributed by atoms with Gasteiger partial charge in [0.1, 0.15) is 0 Å². The molecule has 3 aromatic rings. The Kier molecular flexibility index (Phi) is 18.7. The number of halogens is 3. The van der Waals surface area contributed by atoms with E-state index in [0.717, 1.165) is 0 Å². The molecule has 0 fully saturated rings. The van der Waals surface area contributed by atoms with Crippen LogP contribution in [0, 0.1) is 12.0 Å². The molecule has 1 unspecified atom stereocenters. The van der Waals surface area contributed by atoms with Gasteiger partial charge in [-0.15, -0.1) is 6.92 Å². The molecule has 1 aliphatic carbocycles. The predicted octanol–water partition coefficient (Wildman–Crippen LogP) is 2.16. The largest absolute Gasteiger partial charge is 4.00 e. The quantitative estimate of drug-likeness (QED) is 0.169. The average Bonchev–Trinajstić information content (AvgIpc) is 3.23. The van der Waals surface area contributed by atoms with Gasteiger partial charge in [0.25, 0.3) is 0 Å². The van der Waals surface area contributed by atoms with Crippen LogP contribution in [0.15, 0.2) is 70.9 Å². The van der Waals surface area contributed by atoms with Crippen LogP contribution >= 0.6 is 0 Å². The van der Waals surface area contributed by atoms with E-state index in [1.54, 1.807) is 20.8 Å². The van der Waals surface area contributed by atoms with Crippen LogP contribution in [0.4, 0.5) is 0 Å². The summed E-state index contributed by atoms with van der Waals surface area (Å²) >= 11 is 0. The van der Waals surface area contributed by atoms with E-state index in [1.165, 1.54) is 44.5 Å². The third-order valence-electron chi connectivity index (χ3n) is 10.5. The summed E-state index contributed by atoms with van der Waals surface area (Å²) in [5.41, 5.74) is 11.5. The van der Waals surface area contributed by atoms with Crippen molar-refractivity contribution < 1.29 is 58.9 Å². The SMILES string of the molecule is CC1=[C-]C(C)C([Si](c2cc(C(C)C)cc(C(C)C)c2)(c2cc(C(C)C)cc(C(C)C)c2)c2cc(C(C)C)cc(C(C)C)c2)=C1C.[Cl-].[Cl-].[Cl-].[Ti+4]. The topological polar surface area (TPSA) is 0 Å². The van der Waals surface area contributed by atoms with Gasteiger partial charge in [-0.1, -0.05) is 157 Å². The maximum absolute atomic E-state index is 3.93. The Labute approximate surface area is 335 Å². The van der Waals surface area contributed by atoms with E-state index in [-0.39, 0.29) is 64.9 Å². The minimum Gasteiger partial charge on any atom is -1.00 e. The van der Waals surface area contributed by atoms with E-state index in [2.05, 4.69) is 165 Å². The van der Waals surface area contributed by atoms with Gasteiger partial charge in [-0.2, -0.15) is 5.20 Å². The Morgan fingerprint density at radius 1 is 0.449 bits per heavy atom. The molecule has 0 radical (unpaired) electrons. The molecule has 0 spiro atoms. The summed E-state index contributed by atoms with van der Waals surface area (Å²) in [7, 11) is -2.83. The van der Waals surface area contributed by atoms with Crippen LogP contribution in [0.25, 0.3) is 0 Å². The van der Waals surface area contributed by atoms with Gasteiger partial charge >= 0.3 is 21.7 Å². The van der Waals surface area contributed by atoms with Gasteiger partial charge in [-0.25, -0.2) is 11.1 Å². The van der Waals surface area contributed by atoms with Crippen LogP contribution in [0.1, 0.15) is 173 Å². The van der Waals surface area contributed by atoms with Crippen molar-refractivity contribution in [3.63, 3.8) is 0 Å². The summed E-state index contributed by atoms with van der Waals surface area (Å²) in [6, 6.07) is 23.2. The van der Waals surface area contributed by atoms with E-state index in [9.17, 15) is 0 Å². The Morgan fingerprint density at radius 3 is 0.837 bits per heavy atom. The third-order valence-corrected chi connectivity index (χ3v) is 15.5. The van der Waals surface area contributed by atoms with Crippen molar-refractivity contribution in [3.8, 4) is 0 Å². The molecule has 4 rings (SSSR count). The zero-order valence-electron chi connectivity index (χ0n) is 32.9. The van der Waals surface area contributed by atoms with Crippen LogP contribution in [-0.2, 0) is 21.7 Å². The first kappa shape index (κ1) is 47.9. The van der Waals surface area contributed by atoms with E-state index in [0.29, 0.717) is 35.5 Å². The molecule has 5 heteroatoms. The number of allylic oxidation sites excluding steroid dienone is 4. The van der Waals surface area contributed by atoms with Crippen molar-refractivity contribution in [1.29, 1.82) is 0 Å². The molecule has 0 saturated carbocycles. The molecule has 3 aromatic carbocycles. The number of benzene rings is 3. The van der Waals surface area contributed by atoms with E-state index >= 15 is 0 Å². The van der Waals surface area contributed by atoms with Gasteiger partial charge < -0.3 is 37.2 Å². The standard InChI is InChI=1S/C44H61Si.3ClH.Ti/c1-26(2)35-17-36(27(3)4)21-41(20-35)45(44-33(14)16-32(13)34(44)15,42-22-37(28(5)6)18-38(23-42)29(7)8)43-24-39(30(9)10)19-40(25-43)31(11)12;;;;/h17-31,33H,1-15H3;3*1H;/q-1;;;;+4/p-3. The first-order valence-corrected chi connectivity index (χ1v) is 19.8. The van der Waals surface area contributed by atoms with Crippen LogP contribution in [0.5, 0.6) is 0 Å². The fourth-order valence-corrected chi connectivity index (χ4v) is 13.0. The monoisotopic (exact) mass is 770 g/mol. The number of hydrogen-bond acceptors (Lipinski definition) is 0. The van der Waals surface area contributed by atoms with Gasteiger partial charge in [0.2, 0.25) is 0 Å². The van der Waals surface area contributed by atoms with Gasteiger partial charge in [0.15, 0.2) is 8.07 Å². The summed E-state index contributed by atoms with van der Waals surface area (Å²) in [4.78, 5) is 0. The van der Waals surface area contributed by atoms with Crippen molar-refractivity contribution in [2.24, 2.45) is 5.92 Å². The smallest absolute Gasteiger partial charge is 1.00 e. The zero-order chi connectivity index (χ0) is 33.5. The maximum Gasteiger partial charge on any atom is 4.00 e. The van der Waals surface area contributed by atoms with E-state index in [4.69, 9.17) is 0 Å². The number of hydrogen-bond donors (Lipinski definition) is 0. The summed E-state index contributed by atoms with van der Waals surface area (Å²) in [6.45, 7) is 35.4. The second-order valence-electron chi connectivity index (χ2n) is 15.9. The molecule has 0 aromatic heterocycles. The zero-order valence-corrected chi connectivity index (χ0v) is 37.7. The maximum atomic E-state index is 3.93. The van der Waals surface area contributed by atoms with Gasteiger partial charge in [-0.05, 0) is 84.4 Å². The minimum absolute atomic E-state index is 0. The normalized spacial score (nSPS) is 14.7. The van der Waals surface area contributed by atoms with E-state index in [1.807, 2.05) is 0 Å². The third kappa shape index (κ3) is 9.68. The summed E-state index contributed by atoms with van der Waals surface area (Å²) in [5, 5.41) is 6.26. The molecule has 1 atom stereocenters. The van der Waals surface area contributed by atoms with Gasteiger partial charge in [0.05, 0.1) is 0 Å². The molecular weight excluding hydrogens is 711 g/mol. The molecule has 0 nitrogen and oxygen atoms in total. The van der Waals surface area contributed by atoms with Crippen molar-refractivity contribution in [3.05, 3.63) is 110 Å². The van der Waals surface area contributed by atoms with Gasteiger partial charge in [-0.3, -0.25) is 6.08 Å². The van der Waals surface area contributed by atoms with Crippen LogP contribution < -0.4 is 52.8 Å². The fourth-order valence-electron chi connectivity index (χ4n) is 7.28. The first-order valence-electron chi connectivity index (χ1n) is 17.8. The molecule has 0 aliphatic heterocycles. The van der Waals surface area contributed by atoms with Crippen molar-refractivity contribution >= 4 is 23.6 Å². The van der Waals surface area contributed by atoms with Crippen molar-refractivity contribution in [2.75, 3.05) is 0 Å². The van der Waals surface area contributed by atoms with Crippen LogP contribution in [0.3, 0.4) is 0 Å². The predicted molar refractivity (Wildman–Crippen MR) is 203 cm³/mol.